The second-order valence-corrected chi connectivity index (χ2v) is 4.75. The maximum absolute atomic E-state index is 5.81. The van der Waals surface area contributed by atoms with E-state index >= 15 is 0 Å². The van der Waals surface area contributed by atoms with E-state index < -0.39 is 0 Å². The molecular formula is C15H13ClN2O2. The average molecular weight is 289 g/mol. The van der Waals surface area contributed by atoms with Gasteiger partial charge in [-0.3, -0.25) is 0 Å². The Morgan fingerprint density at radius 3 is 2.95 bits per heavy atom. The number of nitrogens with zero attached hydrogens (tertiary/aromatic N) is 2. The molecule has 0 saturated heterocycles. The van der Waals surface area contributed by atoms with Crippen LogP contribution in [0.1, 0.15) is 16.8 Å². The summed E-state index contributed by atoms with van der Waals surface area (Å²) in [6, 6.07) is 5.81. The molecule has 1 aromatic carbocycles. The molecule has 3 rings (SSSR count). The number of hydrogen-bond acceptors (Lipinski definition) is 4. The first kappa shape index (κ1) is 12.9. The van der Waals surface area contributed by atoms with Crippen LogP contribution in [0.25, 0.3) is 12.2 Å². The van der Waals surface area contributed by atoms with Gasteiger partial charge in [-0.1, -0.05) is 12.1 Å². The van der Waals surface area contributed by atoms with Crippen molar-refractivity contribution in [2.45, 2.75) is 6.92 Å². The number of aryl methyl sites for hydroxylation is 1. The van der Waals surface area contributed by atoms with Gasteiger partial charge in [0.25, 0.3) is 0 Å². The van der Waals surface area contributed by atoms with Gasteiger partial charge in [0.2, 0.25) is 5.28 Å². The quantitative estimate of drug-likeness (QED) is 0.795. The van der Waals surface area contributed by atoms with Crippen molar-refractivity contribution in [2.24, 2.45) is 0 Å². The number of rotatable bonds is 2. The lowest BCUT2D eigenvalue weighted by Gasteiger charge is -2.19. The first-order valence-electron chi connectivity index (χ1n) is 6.30. The predicted octanol–water partition coefficient (Wildman–Crippen LogP) is 3.38. The van der Waals surface area contributed by atoms with Crippen molar-refractivity contribution in [3.63, 3.8) is 0 Å². The van der Waals surface area contributed by atoms with E-state index in [1.807, 2.05) is 37.3 Å². The average Bonchev–Trinajstić information content (AvgIpc) is 2.48. The maximum Gasteiger partial charge on any atom is 0.222 e. The minimum Gasteiger partial charge on any atom is -0.486 e. The number of aromatic nitrogens is 2. The molecule has 1 aliphatic heterocycles. The van der Waals surface area contributed by atoms with Crippen molar-refractivity contribution >= 4 is 23.8 Å². The van der Waals surface area contributed by atoms with Crippen LogP contribution < -0.4 is 9.47 Å². The molecule has 20 heavy (non-hydrogen) atoms. The van der Waals surface area contributed by atoms with Crippen LogP contribution in [0, 0.1) is 6.92 Å². The molecule has 0 unspecified atom stereocenters. The Balaban J connectivity index is 1.95. The highest BCUT2D eigenvalue weighted by atomic mass is 35.5. The Kier molecular flexibility index (Phi) is 3.56. The summed E-state index contributed by atoms with van der Waals surface area (Å²) in [5.74, 6) is 1.55. The third-order valence-corrected chi connectivity index (χ3v) is 3.18. The minimum absolute atomic E-state index is 0.241. The highest BCUT2D eigenvalue weighted by molar-refractivity contribution is 6.28. The van der Waals surface area contributed by atoms with Crippen LogP contribution in [0.4, 0.5) is 0 Å². The molecule has 0 amide bonds. The molecule has 102 valence electrons. The van der Waals surface area contributed by atoms with Crippen molar-refractivity contribution < 1.29 is 9.47 Å². The number of fused-ring (bicyclic) bond motifs is 1. The molecule has 0 bridgehead atoms. The number of para-hydroxylation sites is 1. The Bertz CT molecular complexity index is 671. The number of ether oxygens (including phenoxy) is 2. The second-order valence-electron chi connectivity index (χ2n) is 4.41. The number of benzene rings is 1. The maximum atomic E-state index is 5.81. The van der Waals surface area contributed by atoms with E-state index in [1.165, 1.54) is 0 Å². The van der Waals surface area contributed by atoms with E-state index in [2.05, 4.69) is 9.97 Å². The van der Waals surface area contributed by atoms with Gasteiger partial charge in [0.05, 0.1) is 5.69 Å². The molecule has 0 N–H and O–H groups in total. The van der Waals surface area contributed by atoms with Gasteiger partial charge >= 0.3 is 0 Å². The highest BCUT2D eigenvalue weighted by Gasteiger charge is 2.13. The first-order valence-corrected chi connectivity index (χ1v) is 6.67. The fourth-order valence-electron chi connectivity index (χ4n) is 2.00. The third-order valence-electron chi connectivity index (χ3n) is 3.00. The van der Waals surface area contributed by atoms with Crippen LogP contribution in [0.3, 0.4) is 0 Å². The van der Waals surface area contributed by atoms with Crippen LogP contribution in [0.5, 0.6) is 11.5 Å². The van der Waals surface area contributed by atoms with Crippen LogP contribution in [0.15, 0.2) is 24.4 Å². The van der Waals surface area contributed by atoms with Crippen LogP contribution in [-0.2, 0) is 0 Å². The zero-order chi connectivity index (χ0) is 13.9. The summed E-state index contributed by atoms with van der Waals surface area (Å²) in [5.41, 5.74) is 2.71. The first-order chi connectivity index (χ1) is 9.74. The van der Waals surface area contributed by atoms with E-state index in [4.69, 9.17) is 21.1 Å². The monoisotopic (exact) mass is 288 g/mol. The molecule has 0 radical (unpaired) electrons. The van der Waals surface area contributed by atoms with Gasteiger partial charge < -0.3 is 9.47 Å². The molecule has 1 aromatic heterocycles. The van der Waals surface area contributed by atoms with Gasteiger partial charge in [-0.05, 0) is 42.3 Å². The smallest absolute Gasteiger partial charge is 0.222 e. The van der Waals surface area contributed by atoms with E-state index in [0.717, 1.165) is 28.3 Å². The highest BCUT2D eigenvalue weighted by Crippen LogP contribution is 2.34. The van der Waals surface area contributed by atoms with Gasteiger partial charge in [-0.25, -0.2) is 9.97 Å². The van der Waals surface area contributed by atoms with E-state index in [0.29, 0.717) is 13.2 Å². The lowest BCUT2D eigenvalue weighted by molar-refractivity contribution is 0.171. The van der Waals surface area contributed by atoms with Gasteiger partial charge in [-0.2, -0.15) is 0 Å². The predicted molar refractivity (Wildman–Crippen MR) is 78.1 cm³/mol. The zero-order valence-corrected chi connectivity index (χ0v) is 11.7. The van der Waals surface area contributed by atoms with Crippen molar-refractivity contribution in [3.8, 4) is 11.5 Å². The summed E-state index contributed by atoms with van der Waals surface area (Å²) < 4.78 is 11.2. The lowest BCUT2D eigenvalue weighted by Crippen LogP contribution is -2.15. The molecule has 2 heterocycles. The van der Waals surface area contributed by atoms with Gasteiger partial charge in [-0.15, -0.1) is 0 Å². The largest absolute Gasteiger partial charge is 0.486 e. The Labute approximate surface area is 122 Å². The molecule has 0 aliphatic carbocycles. The summed E-state index contributed by atoms with van der Waals surface area (Å²) in [5, 5.41) is 0.241. The summed E-state index contributed by atoms with van der Waals surface area (Å²) >= 11 is 5.81. The molecule has 1 aliphatic rings. The zero-order valence-electron chi connectivity index (χ0n) is 11.0. The summed E-state index contributed by atoms with van der Waals surface area (Å²) in [4.78, 5) is 8.14. The van der Waals surface area contributed by atoms with Crippen molar-refractivity contribution in [2.75, 3.05) is 13.2 Å². The van der Waals surface area contributed by atoms with Crippen molar-refractivity contribution in [1.82, 2.24) is 9.97 Å². The Morgan fingerprint density at radius 1 is 1.20 bits per heavy atom. The molecule has 4 nitrogen and oxygen atoms in total. The van der Waals surface area contributed by atoms with Crippen molar-refractivity contribution in [3.05, 3.63) is 46.5 Å². The van der Waals surface area contributed by atoms with Gasteiger partial charge in [0.15, 0.2) is 11.5 Å². The fourth-order valence-corrected chi connectivity index (χ4v) is 2.14. The molecule has 2 aromatic rings. The van der Waals surface area contributed by atoms with Gasteiger partial charge in [0.1, 0.15) is 13.2 Å². The topological polar surface area (TPSA) is 44.2 Å². The molecular weight excluding hydrogens is 276 g/mol. The molecule has 5 heteroatoms. The van der Waals surface area contributed by atoms with Crippen LogP contribution in [0.2, 0.25) is 5.28 Å². The second kappa shape index (κ2) is 5.51. The fraction of sp³-hybridized carbons (Fsp3) is 0.200. The van der Waals surface area contributed by atoms with E-state index in [9.17, 15) is 0 Å². The van der Waals surface area contributed by atoms with Crippen LogP contribution in [-0.4, -0.2) is 23.2 Å². The SMILES string of the molecule is Cc1cnc(Cl)nc1C=Cc1cccc2c1OCCO2. The molecule has 0 spiro atoms. The third kappa shape index (κ3) is 2.60. The summed E-state index contributed by atoms with van der Waals surface area (Å²) in [7, 11) is 0. The summed E-state index contributed by atoms with van der Waals surface area (Å²) in [6.45, 7) is 3.09. The standard InChI is InChI=1S/C15H13ClN2O2/c1-10-9-17-15(16)18-12(10)6-5-11-3-2-4-13-14(11)20-8-7-19-13/h2-6,9H,7-8H2,1H3. The van der Waals surface area contributed by atoms with E-state index in [-0.39, 0.29) is 5.28 Å². The Hall–Kier alpha value is -2.07. The summed E-state index contributed by atoms with van der Waals surface area (Å²) in [6.07, 6.45) is 5.55. The van der Waals surface area contributed by atoms with Crippen LogP contribution >= 0.6 is 11.6 Å². The molecule has 0 fully saturated rings. The molecule has 0 saturated carbocycles. The minimum atomic E-state index is 0.241. The van der Waals surface area contributed by atoms with Gasteiger partial charge in [0, 0.05) is 11.8 Å². The molecule has 0 atom stereocenters. The normalized spacial score (nSPS) is 13.7. The number of hydrogen-bond donors (Lipinski definition) is 0. The Morgan fingerprint density at radius 2 is 2.05 bits per heavy atom. The van der Waals surface area contributed by atoms with E-state index in [1.54, 1.807) is 6.20 Å². The number of halogens is 1. The lowest BCUT2D eigenvalue weighted by atomic mass is 10.1. The van der Waals surface area contributed by atoms with Crippen molar-refractivity contribution in [1.29, 1.82) is 0 Å².